The minimum absolute atomic E-state index is 0.00904. The van der Waals surface area contributed by atoms with Gasteiger partial charge >= 0.3 is 5.97 Å². The number of allylic oxidation sites excluding steroid dienone is 2. The van der Waals surface area contributed by atoms with Crippen LogP contribution in [0.2, 0.25) is 0 Å². The molecule has 0 spiro atoms. The highest BCUT2D eigenvalue weighted by atomic mass is 35.5. The fourth-order valence-corrected chi connectivity index (χ4v) is 10.2. The van der Waals surface area contributed by atoms with Gasteiger partial charge in [0.05, 0.1) is 4.87 Å². The molecule has 4 aliphatic carbocycles. The van der Waals surface area contributed by atoms with Crippen molar-refractivity contribution in [2.45, 2.75) is 124 Å². The van der Waals surface area contributed by atoms with Crippen LogP contribution < -0.4 is 0 Å². The van der Waals surface area contributed by atoms with Crippen LogP contribution in [0.25, 0.3) is 0 Å². The Morgan fingerprint density at radius 3 is 2.38 bits per heavy atom. The third kappa shape index (κ3) is 4.41. The van der Waals surface area contributed by atoms with Gasteiger partial charge in [-0.05, 0) is 110 Å². The maximum atomic E-state index is 11.6. The Bertz CT molecular complexity index is 775. The summed E-state index contributed by atoms with van der Waals surface area (Å²) in [4.78, 5) is 11.4. The van der Waals surface area contributed by atoms with Gasteiger partial charge in [-0.2, -0.15) is 0 Å². The van der Waals surface area contributed by atoms with Gasteiger partial charge < -0.3 is 4.74 Å². The van der Waals surface area contributed by atoms with Crippen molar-refractivity contribution in [2.75, 3.05) is 0 Å². The third-order valence-electron chi connectivity index (χ3n) is 11.7. The first-order valence-corrected chi connectivity index (χ1v) is 14.9. The lowest BCUT2D eigenvalue weighted by Gasteiger charge is -2.64. The lowest BCUT2D eigenvalue weighted by atomic mass is 9.44. The molecule has 3 heteroatoms. The highest BCUT2D eigenvalue weighted by Gasteiger charge is 2.64. The van der Waals surface area contributed by atoms with Gasteiger partial charge in [-0.25, -0.2) is 0 Å². The number of ether oxygens (including phenoxy) is 1. The van der Waals surface area contributed by atoms with Crippen molar-refractivity contribution >= 4 is 17.6 Å². The highest BCUT2D eigenvalue weighted by Crippen LogP contribution is 2.70. The maximum Gasteiger partial charge on any atom is 0.302 e. The molecule has 0 aromatic rings. The van der Waals surface area contributed by atoms with Crippen molar-refractivity contribution < 1.29 is 9.53 Å². The Balaban J connectivity index is 1.50. The molecule has 0 aromatic heterocycles. The Labute approximate surface area is 215 Å². The molecule has 0 bridgehead atoms. The first-order chi connectivity index (χ1) is 15.9. The number of alkyl halides is 1. The number of halogens is 1. The second-order valence-electron chi connectivity index (χ2n) is 13.6. The molecule has 10 atom stereocenters. The lowest BCUT2D eigenvalue weighted by molar-refractivity contribution is -0.157. The SMILES string of the molecule is CC[C@H](/C=C/[C@H](C)[C@@H]1CC[C@@H]2[C@@H]3CC[C@@]4(Cl)C[C@H](OC(C)=O)CC[C@]4(C)[C@H]3CC[C@@]21C)C(C)C. The van der Waals surface area contributed by atoms with Crippen molar-refractivity contribution in [1.82, 2.24) is 0 Å². The normalized spacial score (nSPS) is 46.0. The molecule has 0 saturated heterocycles. The van der Waals surface area contributed by atoms with Crippen LogP contribution in [0.3, 0.4) is 0 Å². The molecule has 4 rings (SSSR count). The smallest absolute Gasteiger partial charge is 0.302 e. The van der Waals surface area contributed by atoms with Crippen molar-refractivity contribution in [1.29, 1.82) is 0 Å². The zero-order chi connectivity index (χ0) is 24.9. The van der Waals surface area contributed by atoms with Gasteiger partial charge in [0.2, 0.25) is 0 Å². The quantitative estimate of drug-likeness (QED) is 0.211. The fraction of sp³-hybridized carbons (Fsp3) is 0.903. The third-order valence-corrected chi connectivity index (χ3v) is 12.5. The summed E-state index contributed by atoms with van der Waals surface area (Å²) in [5.41, 5.74) is 0.646. The van der Waals surface area contributed by atoms with Gasteiger partial charge in [0, 0.05) is 13.3 Å². The van der Waals surface area contributed by atoms with Gasteiger partial charge in [0.1, 0.15) is 6.10 Å². The lowest BCUT2D eigenvalue weighted by Crippen LogP contribution is -2.60. The van der Waals surface area contributed by atoms with E-state index in [0.29, 0.717) is 17.3 Å². The van der Waals surface area contributed by atoms with Crippen LogP contribution in [0.1, 0.15) is 113 Å². The monoisotopic (exact) mass is 490 g/mol. The Morgan fingerprint density at radius 2 is 1.74 bits per heavy atom. The number of carbonyl (C=O) groups is 1. The Morgan fingerprint density at radius 1 is 1.00 bits per heavy atom. The standard InChI is InChI=1S/C31H51ClO2/c1-8-23(20(2)3)10-9-21(4)26-11-12-27-25-14-18-31(32)19-24(34-22(5)33)13-17-30(31,7)28(25)15-16-29(26,27)6/h9-10,20-21,23-28H,8,11-19H2,1-7H3/b10-9+/t21-,23+,24+,25-,26-,27+,28-,29+,30+,31+/m0/s1. The van der Waals surface area contributed by atoms with Gasteiger partial charge in [0.15, 0.2) is 0 Å². The van der Waals surface area contributed by atoms with Crippen molar-refractivity contribution in [3.63, 3.8) is 0 Å². The summed E-state index contributed by atoms with van der Waals surface area (Å²) in [5.74, 6) is 5.16. The van der Waals surface area contributed by atoms with E-state index in [-0.39, 0.29) is 22.4 Å². The number of carbonyl (C=O) groups excluding carboxylic acids is 1. The second kappa shape index (κ2) is 9.75. The van der Waals surface area contributed by atoms with Gasteiger partial charge in [-0.3, -0.25) is 4.79 Å². The molecule has 0 radical (unpaired) electrons. The average molecular weight is 491 g/mol. The molecule has 0 unspecified atom stereocenters. The summed E-state index contributed by atoms with van der Waals surface area (Å²) in [6, 6.07) is 0. The zero-order valence-electron chi connectivity index (χ0n) is 23.0. The second-order valence-corrected chi connectivity index (χ2v) is 14.3. The van der Waals surface area contributed by atoms with E-state index >= 15 is 0 Å². The summed E-state index contributed by atoms with van der Waals surface area (Å²) in [7, 11) is 0. The van der Waals surface area contributed by atoms with Crippen LogP contribution in [-0.2, 0) is 9.53 Å². The van der Waals surface area contributed by atoms with Crippen LogP contribution in [-0.4, -0.2) is 16.9 Å². The van der Waals surface area contributed by atoms with Crippen LogP contribution in [0.4, 0.5) is 0 Å². The summed E-state index contributed by atoms with van der Waals surface area (Å²) in [6.07, 6.45) is 17.1. The van der Waals surface area contributed by atoms with E-state index in [9.17, 15) is 4.79 Å². The van der Waals surface area contributed by atoms with Crippen LogP contribution in [0.5, 0.6) is 0 Å². The number of rotatable bonds is 6. The zero-order valence-corrected chi connectivity index (χ0v) is 23.8. The minimum atomic E-state index is -0.208. The summed E-state index contributed by atoms with van der Waals surface area (Å²) >= 11 is 7.48. The molecule has 4 fully saturated rings. The molecule has 2 nitrogen and oxygen atoms in total. The van der Waals surface area contributed by atoms with Crippen LogP contribution in [0.15, 0.2) is 12.2 Å². The molecule has 0 N–H and O–H groups in total. The minimum Gasteiger partial charge on any atom is -0.462 e. The first-order valence-electron chi connectivity index (χ1n) is 14.5. The first kappa shape index (κ1) is 26.6. The topological polar surface area (TPSA) is 26.3 Å². The molecule has 194 valence electrons. The van der Waals surface area contributed by atoms with E-state index in [4.69, 9.17) is 16.3 Å². The molecule has 4 aliphatic rings. The molecule has 0 aliphatic heterocycles. The summed E-state index contributed by atoms with van der Waals surface area (Å²) in [5, 5.41) is 0. The summed E-state index contributed by atoms with van der Waals surface area (Å²) < 4.78 is 5.64. The van der Waals surface area contributed by atoms with E-state index in [1.165, 1.54) is 45.4 Å². The Hall–Kier alpha value is -0.500. The van der Waals surface area contributed by atoms with Gasteiger partial charge in [0.25, 0.3) is 0 Å². The molecule has 0 amide bonds. The molecule has 0 aromatic carbocycles. The maximum absolute atomic E-state index is 11.6. The number of hydrogen-bond acceptors (Lipinski definition) is 2. The van der Waals surface area contributed by atoms with Crippen molar-refractivity contribution in [3.05, 3.63) is 12.2 Å². The van der Waals surface area contributed by atoms with Crippen LogP contribution >= 0.6 is 11.6 Å². The van der Waals surface area contributed by atoms with Gasteiger partial charge in [-0.15, -0.1) is 11.6 Å². The van der Waals surface area contributed by atoms with E-state index in [0.717, 1.165) is 55.3 Å². The molecule has 4 saturated carbocycles. The predicted molar refractivity (Wildman–Crippen MR) is 143 cm³/mol. The van der Waals surface area contributed by atoms with E-state index in [1.54, 1.807) is 0 Å². The van der Waals surface area contributed by atoms with Crippen molar-refractivity contribution in [3.8, 4) is 0 Å². The Kier molecular flexibility index (Phi) is 7.62. The average Bonchev–Trinajstić information content (AvgIpc) is 3.11. The van der Waals surface area contributed by atoms with Crippen molar-refractivity contribution in [2.24, 2.45) is 52.3 Å². The highest BCUT2D eigenvalue weighted by molar-refractivity contribution is 6.24. The van der Waals surface area contributed by atoms with Gasteiger partial charge in [-0.1, -0.05) is 53.7 Å². The number of hydrogen-bond donors (Lipinski definition) is 0. The van der Waals surface area contributed by atoms with E-state index in [2.05, 4.69) is 53.7 Å². The number of fused-ring (bicyclic) bond motifs is 5. The van der Waals surface area contributed by atoms with Crippen LogP contribution in [0, 0.1) is 52.3 Å². The fourth-order valence-electron chi connectivity index (χ4n) is 9.68. The number of esters is 1. The van der Waals surface area contributed by atoms with E-state index in [1.807, 2.05) is 0 Å². The molecule has 0 heterocycles. The predicted octanol–water partition coefficient (Wildman–Crippen LogP) is 8.81. The molecular weight excluding hydrogens is 440 g/mol. The van der Waals surface area contributed by atoms with E-state index < -0.39 is 0 Å². The molecular formula is C31H51ClO2. The summed E-state index contributed by atoms with van der Waals surface area (Å²) in [6.45, 7) is 16.2. The molecule has 34 heavy (non-hydrogen) atoms. The largest absolute Gasteiger partial charge is 0.462 e.